The van der Waals surface area contributed by atoms with Crippen molar-refractivity contribution in [1.82, 2.24) is 19.9 Å². The molecule has 1 aliphatic rings. The zero-order valence-corrected chi connectivity index (χ0v) is 16.2. The predicted molar refractivity (Wildman–Crippen MR) is 104 cm³/mol. The fourth-order valence-electron chi connectivity index (χ4n) is 3.21. The van der Waals surface area contributed by atoms with Crippen LogP contribution in [-0.2, 0) is 6.54 Å². The summed E-state index contributed by atoms with van der Waals surface area (Å²) in [4.78, 5) is 10.9. The molecule has 4 rings (SSSR count). The topological polar surface area (TPSA) is 45.4 Å². The van der Waals surface area contributed by atoms with Crippen LogP contribution in [-0.4, -0.2) is 46.1 Å². The van der Waals surface area contributed by atoms with Gasteiger partial charge in [-0.1, -0.05) is 22.8 Å². The first-order chi connectivity index (χ1) is 12.7. The summed E-state index contributed by atoms with van der Waals surface area (Å²) in [5, 5.41) is 6.97. The van der Waals surface area contributed by atoms with Gasteiger partial charge in [0.05, 0.1) is 6.04 Å². The molecule has 5 nitrogen and oxygen atoms in total. The van der Waals surface area contributed by atoms with Gasteiger partial charge in [0.1, 0.15) is 0 Å². The fraction of sp³-hybridized carbons (Fsp3) is 0.368. The molecule has 0 N–H and O–H groups in total. The van der Waals surface area contributed by atoms with Gasteiger partial charge < -0.3 is 4.52 Å². The molecule has 0 aliphatic carbocycles. The highest BCUT2D eigenvalue weighted by Crippen LogP contribution is 2.25. The van der Waals surface area contributed by atoms with Crippen molar-refractivity contribution in [3.05, 3.63) is 57.6 Å². The Bertz CT molecular complexity index is 826. The molecule has 0 bridgehead atoms. The highest BCUT2D eigenvalue weighted by Gasteiger charge is 2.26. The minimum atomic E-state index is 0.118. The molecule has 1 atom stereocenters. The molecule has 1 saturated heterocycles. The molecule has 1 aliphatic heterocycles. The van der Waals surface area contributed by atoms with Crippen molar-refractivity contribution in [3.63, 3.8) is 0 Å². The van der Waals surface area contributed by atoms with Gasteiger partial charge in [-0.2, -0.15) is 4.98 Å². The molecule has 1 unspecified atom stereocenters. The van der Waals surface area contributed by atoms with Crippen LogP contribution in [0.3, 0.4) is 0 Å². The first kappa shape index (κ1) is 17.7. The Morgan fingerprint density at radius 3 is 2.62 bits per heavy atom. The minimum absolute atomic E-state index is 0.118. The van der Waals surface area contributed by atoms with Gasteiger partial charge in [0.25, 0.3) is 0 Å². The number of aromatic nitrogens is 2. The Hall–Kier alpha value is -1.73. The maximum Gasteiger partial charge on any atom is 0.244 e. The summed E-state index contributed by atoms with van der Waals surface area (Å²) in [7, 11) is 0. The molecule has 2 aromatic heterocycles. The second-order valence-electron chi connectivity index (χ2n) is 6.53. The van der Waals surface area contributed by atoms with E-state index in [2.05, 4.69) is 44.4 Å². The SMILES string of the molecule is CC(c1nc(-c2ccc(Cl)cc2)no1)N1CCN(Cc2cccs2)CC1. The molecule has 0 amide bonds. The molecule has 1 fully saturated rings. The van der Waals surface area contributed by atoms with Crippen LogP contribution >= 0.6 is 22.9 Å². The number of thiophene rings is 1. The van der Waals surface area contributed by atoms with E-state index in [4.69, 9.17) is 16.1 Å². The van der Waals surface area contributed by atoms with Gasteiger partial charge in [-0.05, 0) is 42.6 Å². The van der Waals surface area contributed by atoms with E-state index >= 15 is 0 Å². The first-order valence-electron chi connectivity index (χ1n) is 8.77. The minimum Gasteiger partial charge on any atom is -0.337 e. The van der Waals surface area contributed by atoms with Crippen LogP contribution in [0.2, 0.25) is 5.02 Å². The Balaban J connectivity index is 1.36. The van der Waals surface area contributed by atoms with Crippen molar-refractivity contribution in [2.75, 3.05) is 26.2 Å². The van der Waals surface area contributed by atoms with Gasteiger partial charge in [0.2, 0.25) is 11.7 Å². The maximum absolute atomic E-state index is 5.94. The van der Waals surface area contributed by atoms with Crippen molar-refractivity contribution >= 4 is 22.9 Å². The summed E-state index contributed by atoms with van der Waals surface area (Å²) < 4.78 is 5.53. The molecular formula is C19H21ClN4OS. The molecule has 0 saturated carbocycles. The maximum atomic E-state index is 5.94. The fourth-order valence-corrected chi connectivity index (χ4v) is 4.08. The average molecular weight is 389 g/mol. The quantitative estimate of drug-likeness (QED) is 0.651. The molecule has 0 radical (unpaired) electrons. The van der Waals surface area contributed by atoms with E-state index in [1.807, 2.05) is 35.6 Å². The highest BCUT2D eigenvalue weighted by molar-refractivity contribution is 7.09. The molecule has 3 heterocycles. The van der Waals surface area contributed by atoms with Crippen LogP contribution in [0.4, 0.5) is 0 Å². The Morgan fingerprint density at radius 1 is 1.15 bits per heavy atom. The lowest BCUT2D eigenvalue weighted by Crippen LogP contribution is -2.46. The van der Waals surface area contributed by atoms with Gasteiger partial charge in [-0.15, -0.1) is 11.3 Å². The largest absolute Gasteiger partial charge is 0.337 e. The van der Waals surface area contributed by atoms with Crippen LogP contribution in [0.25, 0.3) is 11.4 Å². The van der Waals surface area contributed by atoms with Crippen LogP contribution in [0.5, 0.6) is 0 Å². The summed E-state index contributed by atoms with van der Waals surface area (Å²) in [6, 6.07) is 11.9. The number of halogens is 1. The second kappa shape index (κ2) is 7.88. The van der Waals surface area contributed by atoms with Crippen molar-refractivity contribution in [2.24, 2.45) is 0 Å². The van der Waals surface area contributed by atoms with Crippen LogP contribution in [0.1, 0.15) is 23.7 Å². The number of hydrogen-bond acceptors (Lipinski definition) is 6. The molecule has 3 aromatic rings. The van der Waals surface area contributed by atoms with Crippen molar-refractivity contribution in [1.29, 1.82) is 0 Å². The normalized spacial score (nSPS) is 17.5. The number of piperazine rings is 1. The van der Waals surface area contributed by atoms with Crippen LogP contribution in [0.15, 0.2) is 46.3 Å². The summed E-state index contributed by atoms with van der Waals surface area (Å²) >= 11 is 7.76. The third-order valence-corrected chi connectivity index (χ3v) is 5.93. The third kappa shape index (κ3) is 3.99. The number of rotatable bonds is 5. The van der Waals surface area contributed by atoms with Crippen LogP contribution < -0.4 is 0 Å². The molecular weight excluding hydrogens is 368 g/mol. The van der Waals surface area contributed by atoms with Crippen LogP contribution in [0, 0.1) is 0 Å². The van der Waals surface area contributed by atoms with Gasteiger partial charge in [0.15, 0.2) is 0 Å². The predicted octanol–water partition coefficient (Wildman–Crippen LogP) is 4.33. The summed E-state index contributed by atoms with van der Waals surface area (Å²) in [6.45, 7) is 7.30. The lowest BCUT2D eigenvalue weighted by Gasteiger charge is -2.36. The van der Waals surface area contributed by atoms with E-state index in [9.17, 15) is 0 Å². The van der Waals surface area contributed by atoms with Gasteiger partial charge in [-0.3, -0.25) is 9.80 Å². The Labute approximate surface area is 162 Å². The van der Waals surface area contributed by atoms with Crippen molar-refractivity contribution in [2.45, 2.75) is 19.5 Å². The number of hydrogen-bond donors (Lipinski definition) is 0. The van der Waals surface area contributed by atoms with E-state index in [0.29, 0.717) is 16.7 Å². The standard InChI is InChI=1S/C19H21ClN4OS/c1-14(19-21-18(22-25-19)15-4-6-16(20)7-5-15)24-10-8-23(9-11-24)13-17-3-2-12-26-17/h2-7,12,14H,8-11,13H2,1H3. The average Bonchev–Trinajstić information content (AvgIpc) is 3.34. The summed E-state index contributed by atoms with van der Waals surface area (Å²) in [6.07, 6.45) is 0. The Morgan fingerprint density at radius 2 is 1.92 bits per heavy atom. The molecule has 0 spiro atoms. The second-order valence-corrected chi connectivity index (χ2v) is 8.00. The van der Waals surface area contributed by atoms with Gasteiger partial charge in [0, 0.05) is 48.2 Å². The van der Waals surface area contributed by atoms with Crippen molar-refractivity contribution < 1.29 is 4.52 Å². The lowest BCUT2D eigenvalue weighted by molar-refractivity contribution is 0.0851. The molecule has 1 aromatic carbocycles. The smallest absolute Gasteiger partial charge is 0.244 e. The highest BCUT2D eigenvalue weighted by atomic mass is 35.5. The molecule has 136 valence electrons. The van der Waals surface area contributed by atoms with E-state index in [1.165, 1.54) is 4.88 Å². The van der Waals surface area contributed by atoms with E-state index in [1.54, 1.807) is 0 Å². The van der Waals surface area contributed by atoms with E-state index in [0.717, 1.165) is 38.3 Å². The zero-order chi connectivity index (χ0) is 17.9. The summed E-state index contributed by atoms with van der Waals surface area (Å²) in [5.41, 5.74) is 0.914. The molecule has 26 heavy (non-hydrogen) atoms. The first-order valence-corrected chi connectivity index (χ1v) is 10.0. The third-order valence-electron chi connectivity index (χ3n) is 4.82. The van der Waals surface area contributed by atoms with Gasteiger partial charge >= 0.3 is 0 Å². The Kier molecular flexibility index (Phi) is 5.36. The summed E-state index contributed by atoms with van der Waals surface area (Å²) in [5.74, 6) is 1.28. The number of nitrogens with zero attached hydrogens (tertiary/aromatic N) is 4. The number of benzene rings is 1. The lowest BCUT2D eigenvalue weighted by atomic mass is 10.2. The van der Waals surface area contributed by atoms with Gasteiger partial charge in [-0.25, -0.2) is 0 Å². The van der Waals surface area contributed by atoms with Crippen molar-refractivity contribution in [3.8, 4) is 11.4 Å². The van der Waals surface area contributed by atoms with E-state index in [-0.39, 0.29) is 6.04 Å². The zero-order valence-electron chi connectivity index (χ0n) is 14.6. The molecule has 7 heteroatoms. The van der Waals surface area contributed by atoms with E-state index < -0.39 is 0 Å². The monoisotopic (exact) mass is 388 g/mol.